The first-order valence-electron chi connectivity index (χ1n) is 6.92. The normalized spacial score (nSPS) is 9.88. The Kier molecular flexibility index (Phi) is 6.91. The second-order valence-electron chi connectivity index (χ2n) is 4.69. The predicted octanol–water partition coefficient (Wildman–Crippen LogP) is 3.17. The van der Waals surface area contributed by atoms with Crippen LogP contribution in [0.5, 0.6) is 5.75 Å². The number of nitrogens with one attached hydrogen (secondary N) is 3. The molecule has 0 saturated carbocycles. The number of amides is 2. The zero-order valence-electron chi connectivity index (χ0n) is 12.9. The number of methoxy groups -OCH3 is 1. The molecule has 0 saturated heterocycles. The molecule has 6 nitrogen and oxygen atoms in total. The number of thiocarbonyl (C=S) groups is 1. The van der Waals surface area contributed by atoms with E-state index in [4.69, 9.17) is 17.0 Å². The second-order valence-corrected chi connectivity index (χ2v) is 6.81. The standard InChI is InChI=1S/C16H13Br2N3O3S/c1-24-13-7-6-9(8-12(13)18)14(22)20-21-16(25)19-15(23)10-4-2-3-5-11(10)17/h2-8H,1H3,(H,20,22)(H2,19,21,23,25). The summed E-state index contributed by atoms with van der Waals surface area (Å²) in [4.78, 5) is 24.2. The lowest BCUT2D eigenvalue weighted by Crippen LogP contribution is -2.48. The van der Waals surface area contributed by atoms with Gasteiger partial charge in [0.15, 0.2) is 5.11 Å². The third-order valence-electron chi connectivity index (χ3n) is 3.05. The Bertz CT molecular complexity index is 830. The summed E-state index contributed by atoms with van der Waals surface area (Å²) in [6.07, 6.45) is 0. The van der Waals surface area contributed by atoms with E-state index in [0.29, 0.717) is 25.8 Å². The van der Waals surface area contributed by atoms with E-state index in [0.717, 1.165) is 0 Å². The highest BCUT2D eigenvalue weighted by Gasteiger charge is 2.12. The number of hydrogen-bond acceptors (Lipinski definition) is 4. The number of ether oxygens (including phenoxy) is 1. The molecular weight excluding hydrogens is 474 g/mol. The number of hydrogen-bond donors (Lipinski definition) is 3. The van der Waals surface area contributed by atoms with Gasteiger partial charge in [0.1, 0.15) is 5.75 Å². The molecule has 9 heteroatoms. The minimum absolute atomic E-state index is 0.0262. The Hall–Kier alpha value is -1.97. The molecule has 0 heterocycles. The first-order valence-corrected chi connectivity index (χ1v) is 8.91. The molecule has 0 aromatic heterocycles. The first kappa shape index (κ1) is 19.4. The lowest BCUT2D eigenvalue weighted by Gasteiger charge is -2.12. The van der Waals surface area contributed by atoms with E-state index >= 15 is 0 Å². The Morgan fingerprint density at radius 3 is 2.36 bits per heavy atom. The fourth-order valence-electron chi connectivity index (χ4n) is 1.84. The SMILES string of the molecule is COc1ccc(C(=O)NNC(=S)NC(=O)c2ccccc2Br)cc1Br. The van der Waals surface area contributed by atoms with E-state index in [2.05, 4.69) is 48.0 Å². The summed E-state index contributed by atoms with van der Waals surface area (Å²) in [5.41, 5.74) is 5.72. The van der Waals surface area contributed by atoms with Gasteiger partial charge in [-0.25, -0.2) is 0 Å². The minimum Gasteiger partial charge on any atom is -0.496 e. The van der Waals surface area contributed by atoms with Gasteiger partial charge in [0.05, 0.1) is 17.1 Å². The van der Waals surface area contributed by atoms with Gasteiger partial charge in [-0.1, -0.05) is 12.1 Å². The van der Waals surface area contributed by atoms with Crippen molar-refractivity contribution < 1.29 is 14.3 Å². The molecule has 130 valence electrons. The minimum atomic E-state index is -0.416. The van der Waals surface area contributed by atoms with Crippen LogP contribution in [0.4, 0.5) is 0 Å². The monoisotopic (exact) mass is 485 g/mol. The predicted molar refractivity (Wildman–Crippen MR) is 106 cm³/mol. The van der Waals surface area contributed by atoms with Crippen LogP contribution < -0.4 is 20.9 Å². The molecule has 0 unspecified atom stereocenters. The molecule has 0 aliphatic carbocycles. The number of rotatable bonds is 3. The molecule has 0 aliphatic rings. The molecule has 0 fully saturated rings. The van der Waals surface area contributed by atoms with Crippen molar-refractivity contribution in [2.24, 2.45) is 0 Å². The van der Waals surface area contributed by atoms with Crippen LogP contribution in [0.2, 0.25) is 0 Å². The van der Waals surface area contributed by atoms with Gasteiger partial charge in [0.2, 0.25) is 0 Å². The zero-order chi connectivity index (χ0) is 18.4. The Morgan fingerprint density at radius 1 is 1.00 bits per heavy atom. The van der Waals surface area contributed by atoms with Crippen molar-refractivity contribution in [2.75, 3.05) is 7.11 Å². The van der Waals surface area contributed by atoms with Crippen LogP contribution in [0.1, 0.15) is 20.7 Å². The first-order chi connectivity index (χ1) is 11.9. The van der Waals surface area contributed by atoms with Crippen LogP contribution in [0.15, 0.2) is 51.4 Å². The van der Waals surface area contributed by atoms with Crippen LogP contribution in [-0.4, -0.2) is 24.0 Å². The fraction of sp³-hybridized carbons (Fsp3) is 0.0625. The maximum absolute atomic E-state index is 12.1. The van der Waals surface area contributed by atoms with Crippen molar-refractivity contribution in [2.45, 2.75) is 0 Å². The van der Waals surface area contributed by atoms with Gasteiger partial charge in [0, 0.05) is 10.0 Å². The van der Waals surface area contributed by atoms with Crippen molar-refractivity contribution in [1.82, 2.24) is 16.2 Å². The van der Waals surface area contributed by atoms with Crippen molar-refractivity contribution in [1.29, 1.82) is 0 Å². The van der Waals surface area contributed by atoms with Gasteiger partial charge in [-0.2, -0.15) is 0 Å². The molecule has 2 aromatic rings. The lowest BCUT2D eigenvalue weighted by atomic mass is 10.2. The maximum Gasteiger partial charge on any atom is 0.269 e. The summed E-state index contributed by atoms with van der Waals surface area (Å²) >= 11 is 11.6. The Balaban J connectivity index is 1.91. The number of halogens is 2. The number of benzene rings is 2. The average molecular weight is 487 g/mol. The lowest BCUT2D eigenvalue weighted by molar-refractivity contribution is 0.0934. The molecule has 0 bridgehead atoms. The molecule has 0 atom stereocenters. The summed E-state index contributed by atoms with van der Waals surface area (Å²) in [5.74, 6) is -0.201. The summed E-state index contributed by atoms with van der Waals surface area (Å²) in [6, 6.07) is 11.8. The van der Waals surface area contributed by atoms with E-state index < -0.39 is 11.8 Å². The van der Waals surface area contributed by atoms with E-state index in [9.17, 15) is 9.59 Å². The van der Waals surface area contributed by atoms with Crippen molar-refractivity contribution in [3.8, 4) is 5.75 Å². The molecule has 2 aromatic carbocycles. The van der Waals surface area contributed by atoms with Crippen molar-refractivity contribution >= 4 is 61.0 Å². The highest BCUT2D eigenvalue weighted by Crippen LogP contribution is 2.25. The van der Waals surface area contributed by atoms with E-state index in [-0.39, 0.29) is 5.11 Å². The third kappa shape index (κ3) is 5.25. The van der Waals surface area contributed by atoms with Gasteiger partial charge in [0.25, 0.3) is 11.8 Å². The van der Waals surface area contributed by atoms with E-state index in [1.165, 1.54) is 7.11 Å². The summed E-state index contributed by atoms with van der Waals surface area (Å²) in [7, 11) is 1.54. The van der Waals surface area contributed by atoms with Crippen LogP contribution in [0, 0.1) is 0 Å². The molecule has 0 aliphatic heterocycles. The van der Waals surface area contributed by atoms with Crippen molar-refractivity contribution in [3.63, 3.8) is 0 Å². The Morgan fingerprint density at radius 2 is 1.72 bits per heavy atom. The smallest absolute Gasteiger partial charge is 0.269 e. The third-order valence-corrected chi connectivity index (χ3v) is 4.56. The molecule has 0 radical (unpaired) electrons. The largest absolute Gasteiger partial charge is 0.496 e. The molecule has 3 N–H and O–H groups in total. The van der Waals surface area contributed by atoms with Crippen molar-refractivity contribution in [3.05, 3.63) is 62.5 Å². The quantitative estimate of drug-likeness (QED) is 0.458. The van der Waals surface area contributed by atoms with Gasteiger partial charge in [-0.3, -0.25) is 25.8 Å². The van der Waals surface area contributed by atoms with Gasteiger partial charge >= 0.3 is 0 Å². The fourth-order valence-corrected chi connectivity index (χ4v) is 2.99. The topological polar surface area (TPSA) is 79.5 Å². The number of hydrazine groups is 1. The zero-order valence-corrected chi connectivity index (χ0v) is 16.9. The average Bonchev–Trinajstić information content (AvgIpc) is 2.59. The second kappa shape index (κ2) is 8.93. The highest BCUT2D eigenvalue weighted by molar-refractivity contribution is 9.10. The van der Waals surface area contributed by atoms with Gasteiger partial charge < -0.3 is 4.74 Å². The van der Waals surface area contributed by atoms with Crippen LogP contribution in [0.25, 0.3) is 0 Å². The highest BCUT2D eigenvalue weighted by atomic mass is 79.9. The maximum atomic E-state index is 12.1. The summed E-state index contributed by atoms with van der Waals surface area (Å²) in [5, 5.41) is 2.45. The number of carbonyl (C=O) groups is 2. The van der Waals surface area contributed by atoms with E-state index in [1.807, 2.05) is 0 Å². The van der Waals surface area contributed by atoms with Crippen LogP contribution >= 0.6 is 44.1 Å². The summed E-state index contributed by atoms with van der Waals surface area (Å²) in [6.45, 7) is 0. The number of carbonyl (C=O) groups excluding carboxylic acids is 2. The molecule has 2 rings (SSSR count). The Labute approximate surface area is 166 Å². The van der Waals surface area contributed by atoms with Crippen LogP contribution in [-0.2, 0) is 0 Å². The summed E-state index contributed by atoms with van der Waals surface area (Å²) < 4.78 is 6.39. The van der Waals surface area contributed by atoms with Gasteiger partial charge in [-0.15, -0.1) is 0 Å². The van der Waals surface area contributed by atoms with E-state index in [1.54, 1.807) is 42.5 Å². The molecule has 25 heavy (non-hydrogen) atoms. The molecule has 0 spiro atoms. The van der Waals surface area contributed by atoms with Crippen LogP contribution in [0.3, 0.4) is 0 Å². The molecular formula is C16H13Br2N3O3S. The van der Waals surface area contributed by atoms with Gasteiger partial charge in [-0.05, 0) is 74.4 Å². The molecule has 2 amide bonds.